The lowest BCUT2D eigenvalue weighted by Gasteiger charge is -2.12. The number of hydrogen-bond acceptors (Lipinski definition) is 4. The summed E-state index contributed by atoms with van der Waals surface area (Å²) in [4.78, 5) is 7.96. The molecule has 1 heterocycles. The average Bonchev–Trinajstić information content (AvgIpc) is 2.42. The minimum Gasteiger partial charge on any atom is -0.490 e. The van der Waals surface area contributed by atoms with Crippen molar-refractivity contribution in [2.45, 2.75) is 20.3 Å². The second kappa shape index (κ2) is 6.38. The normalized spacial score (nSPS) is 10.3. The predicted molar refractivity (Wildman–Crippen MR) is 74.1 cm³/mol. The molecule has 0 saturated heterocycles. The van der Waals surface area contributed by atoms with Crippen molar-refractivity contribution >= 4 is 11.6 Å². The number of benzene rings is 1. The van der Waals surface area contributed by atoms with Gasteiger partial charge in [0.2, 0.25) is 11.2 Å². The van der Waals surface area contributed by atoms with E-state index in [0.717, 1.165) is 12.0 Å². The van der Waals surface area contributed by atoms with Crippen LogP contribution in [0.25, 0.3) is 0 Å². The minimum absolute atomic E-state index is 0.160. The fourth-order valence-corrected chi connectivity index (χ4v) is 1.60. The van der Waals surface area contributed by atoms with Crippen molar-refractivity contribution in [1.29, 1.82) is 0 Å². The fourth-order valence-electron chi connectivity index (χ4n) is 1.48. The van der Waals surface area contributed by atoms with Crippen molar-refractivity contribution in [3.63, 3.8) is 0 Å². The Morgan fingerprint density at radius 2 is 1.95 bits per heavy atom. The first-order valence-electron chi connectivity index (χ1n) is 6.09. The maximum atomic E-state index is 5.77. The van der Waals surface area contributed by atoms with E-state index in [-0.39, 0.29) is 5.28 Å². The number of ether oxygens (including phenoxy) is 2. The highest BCUT2D eigenvalue weighted by Gasteiger charge is 2.09. The van der Waals surface area contributed by atoms with Gasteiger partial charge in [0.1, 0.15) is 0 Å². The molecule has 19 heavy (non-hydrogen) atoms. The molecule has 4 nitrogen and oxygen atoms in total. The zero-order valence-corrected chi connectivity index (χ0v) is 11.6. The van der Waals surface area contributed by atoms with Crippen LogP contribution in [0.3, 0.4) is 0 Å². The maximum absolute atomic E-state index is 5.77. The molecular weight excluding hydrogens is 264 g/mol. The van der Waals surface area contributed by atoms with Gasteiger partial charge in [-0.05, 0) is 37.1 Å². The first-order chi connectivity index (χ1) is 9.20. The molecule has 2 rings (SSSR count). The van der Waals surface area contributed by atoms with Crippen molar-refractivity contribution in [3.05, 3.63) is 41.3 Å². The molecular formula is C14H15ClN2O2. The largest absolute Gasteiger partial charge is 0.490 e. The van der Waals surface area contributed by atoms with Crippen LogP contribution in [0, 0.1) is 6.92 Å². The van der Waals surface area contributed by atoms with Crippen molar-refractivity contribution in [2.24, 2.45) is 0 Å². The van der Waals surface area contributed by atoms with Crippen molar-refractivity contribution in [3.8, 4) is 17.4 Å². The number of halogens is 1. The molecule has 0 aliphatic carbocycles. The molecule has 100 valence electrons. The van der Waals surface area contributed by atoms with Gasteiger partial charge in [-0.25, -0.2) is 4.98 Å². The summed E-state index contributed by atoms with van der Waals surface area (Å²) in [6.45, 7) is 4.56. The number of rotatable bonds is 5. The van der Waals surface area contributed by atoms with Crippen LogP contribution in [-0.4, -0.2) is 16.6 Å². The van der Waals surface area contributed by atoms with Crippen LogP contribution in [0.1, 0.15) is 18.9 Å². The maximum Gasteiger partial charge on any atom is 0.226 e. The van der Waals surface area contributed by atoms with Gasteiger partial charge < -0.3 is 9.47 Å². The van der Waals surface area contributed by atoms with E-state index in [1.165, 1.54) is 0 Å². The molecule has 0 fully saturated rings. The van der Waals surface area contributed by atoms with Gasteiger partial charge in [-0.1, -0.05) is 19.1 Å². The second-order valence-corrected chi connectivity index (χ2v) is 4.36. The summed E-state index contributed by atoms with van der Waals surface area (Å²) in [5.74, 6) is 1.75. The quantitative estimate of drug-likeness (QED) is 0.775. The van der Waals surface area contributed by atoms with E-state index < -0.39 is 0 Å². The highest BCUT2D eigenvalue weighted by Crippen LogP contribution is 2.31. The van der Waals surface area contributed by atoms with Gasteiger partial charge in [-0.15, -0.1) is 0 Å². The van der Waals surface area contributed by atoms with Crippen LogP contribution in [0.4, 0.5) is 0 Å². The van der Waals surface area contributed by atoms with Crippen LogP contribution >= 0.6 is 11.6 Å². The summed E-state index contributed by atoms with van der Waals surface area (Å²) in [7, 11) is 0. The molecule has 0 aliphatic rings. The monoisotopic (exact) mass is 278 g/mol. The second-order valence-electron chi connectivity index (χ2n) is 4.02. The molecule has 1 aromatic carbocycles. The van der Waals surface area contributed by atoms with Gasteiger partial charge in [0.25, 0.3) is 0 Å². The van der Waals surface area contributed by atoms with Crippen LogP contribution in [-0.2, 0) is 0 Å². The molecule has 0 bridgehead atoms. The van der Waals surface area contributed by atoms with E-state index in [1.807, 2.05) is 31.2 Å². The highest BCUT2D eigenvalue weighted by atomic mass is 35.5. The Morgan fingerprint density at radius 3 is 2.68 bits per heavy atom. The molecule has 2 aromatic rings. The average molecular weight is 279 g/mol. The van der Waals surface area contributed by atoms with E-state index in [4.69, 9.17) is 21.1 Å². The zero-order valence-electron chi connectivity index (χ0n) is 10.9. The SMILES string of the molecule is CCCOc1ccccc1Oc1nc(Cl)ncc1C. The lowest BCUT2D eigenvalue weighted by atomic mass is 10.3. The molecule has 0 atom stereocenters. The summed E-state index contributed by atoms with van der Waals surface area (Å²) < 4.78 is 11.4. The van der Waals surface area contributed by atoms with E-state index >= 15 is 0 Å². The van der Waals surface area contributed by atoms with Crippen molar-refractivity contribution in [2.75, 3.05) is 6.61 Å². The number of aromatic nitrogens is 2. The van der Waals surface area contributed by atoms with Crippen LogP contribution in [0.5, 0.6) is 17.4 Å². The first kappa shape index (κ1) is 13.6. The Labute approximate surface area is 117 Å². The van der Waals surface area contributed by atoms with E-state index in [1.54, 1.807) is 6.20 Å². The van der Waals surface area contributed by atoms with Gasteiger partial charge in [0, 0.05) is 11.8 Å². The standard InChI is InChI=1S/C14H15ClN2O2/c1-3-8-18-11-6-4-5-7-12(11)19-13-10(2)9-16-14(15)17-13/h4-7,9H,3,8H2,1-2H3. The Kier molecular flexibility index (Phi) is 4.58. The summed E-state index contributed by atoms with van der Waals surface area (Å²) in [6.07, 6.45) is 2.56. The third-order valence-corrected chi connectivity index (χ3v) is 2.60. The summed E-state index contributed by atoms with van der Waals surface area (Å²) in [5, 5.41) is 0.160. The summed E-state index contributed by atoms with van der Waals surface area (Å²) >= 11 is 5.77. The summed E-state index contributed by atoms with van der Waals surface area (Å²) in [6, 6.07) is 7.48. The molecule has 5 heteroatoms. The molecule has 0 spiro atoms. The zero-order chi connectivity index (χ0) is 13.7. The number of para-hydroxylation sites is 2. The minimum atomic E-state index is 0.160. The molecule has 1 aromatic heterocycles. The third-order valence-electron chi connectivity index (χ3n) is 2.41. The van der Waals surface area contributed by atoms with E-state index in [9.17, 15) is 0 Å². The lowest BCUT2D eigenvalue weighted by Crippen LogP contribution is -1.99. The summed E-state index contributed by atoms with van der Waals surface area (Å²) in [5.41, 5.74) is 0.815. The predicted octanol–water partition coefficient (Wildman–Crippen LogP) is 4.02. The Bertz CT molecular complexity index is 561. The van der Waals surface area contributed by atoms with Crippen molar-refractivity contribution < 1.29 is 9.47 Å². The van der Waals surface area contributed by atoms with Gasteiger partial charge in [0.15, 0.2) is 11.5 Å². The molecule has 0 unspecified atom stereocenters. The lowest BCUT2D eigenvalue weighted by molar-refractivity contribution is 0.300. The van der Waals surface area contributed by atoms with Gasteiger partial charge >= 0.3 is 0 Å². The van der Waals surface area contributed by atoms with E-state index in [0.29, 0.717) is 24.0 Å². The van der Waals surface area contributed by atoms with Crippen LogP contribution in [0.15, 0.2) is 30.5 Å². The Hall–Kier alpha value is -1.81. The molecule has 0 saturated carbocycles. The molecule has 0 aliphatic heterocycles. The number of hydrogen-bond donors (Lipinski definition) is 0. The molecule has 0 amide bonds. The number of nitrogens with zero attached hydrogens (tertiary/aromatic N) is 2. The van der Waals surface area contributed by atoms with Gasteiger partial charge in [-0.3, -0.25) is 0 Å². The number of aryl methyl sites for hydroxylation is 1. The Balaban J connectivity index is 2.25. The van der Waals surface area contributed by atoms with Crippen LogP contribution in [0.2, 0.25) is 5.28 Å². The van der Waals surface area contributed by atoms with Gasteiger partial charge in [-0.2, -0.15) is 4.98 Å². The molecule has 0 N–H and O–H groups in total. The van der Waals surface area contributed by atoms with Gasteiger partial charge in [0.05, 0.1) is 6.61 Å². The Morgan fingerprint density at radius 1 is 1.21 bits per heavy atom. The smallest absolute Gasteiger partial charge is 0.226 e. The van der Waals surface area contributed by atoms with Crippen LogP contribution < -0.4 is 9.47 Å². The topological polar surface area (TPSA) is 44.2 Å². The van der Waals surface area contributed by atoms with E-state index in [2.05, 4.69) is 16.9 Å². The first-order valence-corrected chi connectivity index (χ1v) is 6.47. The fraction of sp³-hybridized carbons (Fsp3) is 0.286. The highest BCUT2D eigenvalue weighted by molar-refractivity contribution is 6.28. The van der Waals surface area contributed by atoms with Crippen molar-refractivity contribution in [1.82, 2.24) is 9.97 Å². The molecule has 0 radical (unpaired) electrons. The third kappa shape index (κ3) is 3.58.